The molecule has 1 aromatic heterocycles. The fraction of sp³-hybridized carbons (Fsp3) is 0.727. The number of pyridine rings is 1. The highest BCUT2D eigenvalue weighted by molar-refractivity contribution is 5.95. The Morgan fingerprint density at radius 3 is 2.48 bits per heavy atom. The van der Waals surface area contributed by atoms with Gasteiger partial charge in [0, 0.05) is 37.9 Å². The first kappa shape index (κ1) is 20.6. The minimum Gasteiger partial charge on any atom is -0.392 e. The number of piperidine rings is 3. The number of aromatic nitrogens is 1. The SMILES string of the molecule is Cc1ccn(C2CCNCC2)c(=O)c1C(=O)N1CCC(N2CCCC(O)C2)CC1. The topological polar surface area (TPSA) is 77.8 Å². The van der Waals surface area contributed by atoms with E-state index in [1.807, 2.05) is 24.1 Å². The molecule has 1 aromatic rings. The second-order valence-corrected chi connectivity index (χ2v) is 8.88. The Hall–Kier alpha value is -1.70. The molecule has 0 aromatic carbocycles. The summed E-state index contributed by atoms with van der Waals surface area (Å²) >= 11 is 0. The lowest BCUT2D eigenvalue weighted by atomic mass is 9.98. The fourth-order valence-corrected chi connectivity index (χ4v) is 5.18. The molecule has 160 valence electrons. The average Bonchev–Trinajstić information content (AvgIpc) is 2.74. The number of rotatable bonds is 3. The summed E-state index contributed by atoms with van der Waals surface area (Å²) in [5, 5.41) is 13.3. The summed E-state index contributed by atoms with van der Waals surface area (Å²) < 4.78 is 1.78. The van der Waals surface area contributed by atoms with Gasteiger partial charge in [0.15, 0.2) is 0 Å². The van der Waals surface area contributed by atoms with Gasteiger partial charge in [-0.2, -0.15) is 0 Å². The summed E-state index contributed by atoms with van der Waals surface area (Å²) in [7, 11) is 0. The third-order valence-electron chi connectivity index (χ3n) is 6.94. The van der Waals surface area contributed by atoms with E-state index >= 15 is 0 Å². The third-order valence-corrected chi connectivity index (χ3v) is 6.94. The number of nitrogens with zero attached hydrogens (tertiary/aromatic N) is 3. The van der Waals surface area contributed by atoms with Gasteiger partial charge in [-0.1, -0.05) is 0 Å². The van der Waals surface area contributed by atoms with E-state index in [-0.39, 0.29) is 23.6 Å². The molecule has 3 aliphatic heterocycles. The van der Waals surface area contributed by atoms with Crippen LogP contribution in [-0.2, 0) is 0 Å². The maximum Gasteiger partial charge on any atom is 0.263 e. The largest absolute Gasteiger partial charge is 0.392 e. The van der Waals surface area contributed by atoms with Crippen molar-refractivity contribution in [3.8, 4) is 0 Å². The molecule has 29 heavy (non-hydrogen) atoms. The number of carbonyl (C=O) groups is 1. The Bertz CT molecular complexity index is 779. The number of aliphatic hydroxyl groups is 1. The zero-order valence-corrected chi connectivity index (χ0v) is 17.5. The van der Waals surface area contributed by atoms with Crippen LogP contribution in [0.2, 0.25) is 0 Å². The van der Waals surface area contributed by atoms with E-state index in [0.717, 1.165) is 70.3 Å². The molecule has 3 fully saturated rings. The van der Waals surface area contributed by atoms with Crippen LogP contribution >= 0.6 is 0 Å². The van der Waals surface area contributed by atoms with Crippen molar-refractivity contribution in [2.75, 3.05) is 39.3 Å². The molecule has 7 nitrogen and oxygen atoms in total. The van der Waals surface area contributed by atoms with Gasteiger partial charge >= 0.3 is 0 Å². The number of hydrogen-bond donors (Lipinski definition) is 2. The van der Waals surface area contributed by atoms with E-state index in [1.165, 1.54) is 0 Å². The Morgan fingerprint density at radius 1 is 1.07 bits per heavy atom. The van der Waals surface area contributed by atoms with Gasteiger partial charge in [-0.15, -0.1) is 0 Å². The normalized spacial score (nSPS) is 25.3. The van der Waals surface area contributed by atoms with Gasteiger partial charge in [-0.25, -0.2) is 0 Å². The molecule has 3 aliphatic rings. The van der Waals surface area contributed by atoms with Crippen molar-refractivity contribution < 1.29 is 9.90 Å². The van der Waals surface area contributed by atoms with Gasteiger partial charge in [0.1, 0.15) is 5.56 Å². The van der Waals surface area contributed by atoms with Crippen molar-refractivity contribution in [1.82, 2.24) is 19.7 Å². The lowest BCUT2D eigenvalue weighted by Gasteiger charge is -2.41. The van der Waals surface area contributed by atoms with Crippen LogP contribution in [0, 0.1) is 6.92 Å². The first-order valence-electron chi connectivity index (χ1n) is 11.2. The molecule has 1 amide bonds. The Kier molecular flexibility index (Phi) is 6.37. The van der Waals surface area contributed by atoms with Crippen molar-refractivity contribution in [2.24, 2.45) is 0 Å². The molecule has 3 saturated heterocycles. The molecule has 4 heterocycles. The smallest absolute Gasteiger partial charge is 0.263 e. The summed E-state index contributed by atoms with van der Waals surface area (Å²) in [5.41, 5.74) is 0.979. The number of aryl methyl sites for hydroxylation is 1. The quantitative estimate of drug-likeness (QED) is 0.793. The van der Waals surface area contributed by atoms with Gasteiger partial charge < -0.3 is 19.9 Å². The lowest BCUT2D eigenvalue weighted by molar-refractivity contribution is 0.0240. The third kappa shape index (κ3) is 4.42. The van der Waals surface area contributed by atoms with Crippen LogP contribution in [-0.4, -0.2) is 76.8 Å². The first-order valence-corrected chi connectivity index (χ1v) is 11.2. The second kappa shape index (κ2) is 8.98. The summed E-state index contributed by atoms with van der Waals surface area (Å²) in [6.45, 7) is 6.82. The molecule has 0 aliphatic carbocycles. The lowest BCUT2D eigenvalue weighted by Crippen LogP contribution is -2.51. The molecule has 7 heteroatoms. The standard InChI is InChI=1S/C22H34N4O3/c1-16-6-14-26(18-4-9-23-10-5-18)22(29)20(16)21(28)24-12-7-17(8-13-24)25-11-2-3-19(27)15-25/h6,14,17-19,23,27H,2-5,7-13,15H2,1H3. The molecule has 4 rings (SSSR count). The highest BCUT2D eigenvalue weighted by Gasteiger charge is 2.31. The van der Waals surface area contributed by atoms with E-state index in [2.05, 4.69) is 10.2 Å². The molecule has 0 bridgehead atoms. The number of aliphatic hydroxyl groups excluding tert-OH is 1. The predicted octanol–water partition coefficient (Wildman–Crippen LogP) is 1.14. The van der Waals surface area contributed by atoms with Crippen LogP contribution in [0.3, 0.4) is 0 Å². The number of amides is 1. The van der Waals surface area contributed by atoms with E-state index in [9.17, 15) is 14.7 Å². The van der Waals surface area contributed by atoms with Gasteiger partial charge in [0.05, 0.1) is 6.10 Å². The number of nitrogens with one attached hydrogen (secondary N) is 1. The van der Waals surface area contributed by atoms with Gasteiger partial charge in [0.25, 0.3) is 11.5 Å². The van der Waals surface area contributed by atoms with Gasteiger partial charge in [-0.3, -0.25) is 14.5 Å². The molecular formula is C22H34N4O3. The molecular weight excluding hydrogens is 368 g/mol. The molecule has 0 radical (unpaired) electrons. The van der Waals surface area contributed by atoms with E-state index in [4.69, 9.17) is 0 Å². The van der Waals surface area contributed by atoms with E-state index in [1.54, 1.807) is 4.57 Å². The van der Waals surface area contributed by atoms with E-state index < -0.39 is 0 Å². The van der Waals surface area contributed by atoms with Gasteiger partial charge in [-0.05, 0) is 76.7 Å². The van der Waals surface area contributed by atoms with Crippen LogP contribution in [0.1, 0.15) is 60.5 Å². The minimum absolute atomic E-state index is 0.118. The van der Waals surface area contributed by atoms with Crippen LogP contribution in [0.25, 0.3) is 0 Å². The molecule has 0 spiro atoms. The van der Waals surface area contributed by atoms with Crippen LogP contribution in [0.4, 0.5) is 0 Å². The summed E-state index contributed by atoms with van der Waals surface area (Å²) in [6.07, 6.45) is 7.24. The fourth-order valence-electron chi connectivity index (χ4n) is 5.18. The Balaban J connectivity index is 1.45. The monoisotopic (exact) mass is 402 g/mol. The zero-order valence-electron chi connectivity index (χ0n) is 17.5. The molecule has 0 saturated carbocycles. The van der Waals surface area contributed by atoms with Crippen LogP contribution in [0.5, 0.6) is 0 Å². The molecule has 2 N–H and O–H groups in total. The maximum atomic E-state index is 13.3. The van der Waals surface area contributed by atoms with Gasteiger partial charge in [0.2, 0.25) is 0 Å². The van der Waals surface area contributed by atoms with Crippen molar-refractivity contribution in [2.45, 2.75) is 63.6 Å². The van der Waals surface area contributed by atoms with E-state index in [0.29, 0.717) is 24.7 Å². The molecule has 1 unspecified atom stereocenters. The van der Waals surface area contributed by atoms with Crippen molar-refractivity contribution in [3.63, 3.8) is 0 Å². The number of carbonyl (C=O) groups excluding carboxylic acids is 1. The Morgan fingerprint density at radius 2 is 1.79 bits per heavy atom. The predicted molar refractivity (Wildman–Crippen MR) is 112 cm³/mol. The summed E-state index contributed by atoms with van der Waals surface area (Å²) in [6, 6.07) is 2.52. The Labute approximate surface area is 172 Å². The summed E-state index contributed by atoms with van der Waals surface area (Å²) in [4.78, 5) is 30.7. The van der Waals surface area contributed by atoms with Crippen molar-refractivity contribution in [3.05, 3.63) is 33.7 Å². The highest BCUT2D eigenvalue weighted by atomic mass is 16.3. The number of hydrogen-bond acceptors (Lipinski definition) is 5. The molecule has 1 atom stereocenters. The minimum atomic E-state index is -0.219. The summed E-state index contributed by atoms with van der Waals surface area (Å²) in [5.74, 6) is -0.118. The van der Waals surface area contributed by atoms with Crippen LogP contribution in [0.15, 0.2) is 17.1 Å². The van der Waals surface area contributed by atoms with Crippen LogP contribution < -0.4 is 10.9 Å². The highest BCUT2D eigenvalue weighted by Crippen LogP contribution is 2.23. The second-order valence-electron chi connectivity index (χ2n) is 8.88. The number of likely N-dealkylation sites (tertiary alicyclic amines) is 2. The van der Waals surface area contributed by atoms with Crippen molar-refractivity contribution in [1.29, 1.82) is 0 Å². The maximum absolute atomic E-state index is 13.3. The zero-order chi connectivity index (χ0) is 20.4. The first-order chi connectivity index (χ1) is 14.0. The number of β-amino-alcohol motifs (C(OH)–C–C–N with tert-alkyl or cyclic N) is 1. The van der Waals surface area contributed by atoms with Crippen molar-refractivity contribution >= 4 is 5.91 Å². The average molecular weight is 403 g/mol.